The van der Waals surface area contributed by atoms with Crippen molar-refractivity contribution in [3.63, 3.8) is 0 Å². The number of aromatic nitrogens is 2. The zero-order valence-electron chi connectivity index (χ0n) is 11.0. The normalized spacial score (nSPS) is 12.5. The van der Waals surface area contributed by atoms with Crippen LogP contribution in [0.3, 0.4) is 0 Å². The number of fused-ring (bicyclic) bond motifs is 1. The minimum Gasteiger partial charge on any atom is -0.384 e. The molecule has 0 amide bonds. The average molecular weight is 383 g/mol. The molecule has 112 valence electrons. The number of aromatic amines is 1. The summed E-state index contributed by atoms with van der Waals surface area (Å²) in [6, 6.07) is 7.63. The molecule has 3 aromatic rings. The van der Waals surface area contributed by atoms with Crippen LogP contribution in [0.1, 0.15) is 17.2 Å². The van der Waals surface area contributed by atoms with Crippen molar-refractivity contribution in [3.8, 4) is 0 Å². The van der Waals surface area contributed by atoms with E-state index in [1.165, 1.54) is 18.2 Å². The SMILES string of the molecule is O=[N+]([O-])c1cccc(C(O)c2c[nH]c3c(Cl)nc(Br)cc23)c1. The number of aliphatic hydroxyl groups is 1. The maximum atomic E-state index is 10.8. The molecule has 3 rings (SSSR count). The number of non-ortho nitro benzene ring substituents is 1. The lowest BCUT2D eigenvalue weighted by Crippen LogP contribution is -2.00. The summed E-state index contributed by atoms with van der Waals surface area (Å²) in [6.07, 6.45) is 0.604. The van der Waals surface area contributed by atoms with Gasteiger partial charge in [0.1, 0.15) is 10.7 Å². The third kappa shape index (κ3) is 2.58. The van der Waals surface area contributed by atoms with Crippen LogP contribution in [0.4, 0.5) is 5.69 Å². The first-order chi connectivity index (χ1) is 10.5. The molecule has 0 fully saturated rings. The maximum absolute atomic E-state index is 10.8. The van der Waals surface area contributed by atoms with Gasteiger partial charge >= 0.3 is 0 Å². The Bertz CT molecular complexity index is 881. The van der Waals surface area contributed by atoms with E-state index in [-0.39, 0.29) is 10.8 Å². The Kier molecular flexibility index (Phi) is 3.86. The number of hydrogen-bond acceptors (Lipinski definition) is 4. The van der Waals surface area contributed by atoms with Crippen molar-refractivity contribution in [1.82, 2.24) is 9.97 Å². The second kappa shape index (κ2) is 5.68. The van der Waals surface area contributed by atoms with Crippen LogP contribution < -0.4 is 0 Å². The summed E-state index contributed by atoms with van der Waals surface area (Å²) < 4.78 is 0.539. The van der Waals surface area contributed by atoms with E-state index in [1.54, 1.807) is 18.3 Å². The number of nitrogens with one attached hydrogen (secondary N) is 1. The second-order valence-corrected chi connectivity index (χ2v) is 5.83. The molecule has 1 aromatic carbocycles. The summed E-state index contributed by atoms with van der Waals surface area (Å²) in [5.74, 6) is 0. The highest BCUT2D eigenvalue weighted by molar-refractivity contribution is 9.10. The van der Waals surface area contributed by atoms with Crippen LogP contribution in [0.25, 0.3) is 10.9 Å². The van der Waals surface area contributed by atoms with Crippen molar-refractivity contribution in [2.45, 2.75) is 6.10 Å². The van der Waals surface area contributed by atoms with Gasteiger partial charge in [0.25, 0.3) is 5.69 Å². The van der Waals surface area contributed by atoms with E-state index in [0.717, 1.165) is 0 Å². The molecule has 0 bridgehead atoms. The first-order valence-electron chi connectivity index (χ1n) is 6.23. The smallest absolute Gasteiger partial charge is 0.269 e. The Hall–Kier alpha value is -1.96. The van der Waals surface area contributed by atoms with Crippen molar-refractivity contribution in [3.05, 3.63) is 67.5 Å². The van der Waals surface area contributed by atoms with E-state index in [0.29, 0.717) is 26.6 Å². The quantitative estimate of drug-likeness (QED) is 0.407. The summed E-state index contributed by atoms with van der Waals surface area (Å²) in [4.78, 5) is 17.4. The van der Waals surface area contributed by atoms with Crippen LogP contribution >= 0.6 is 27.5 Å². The molecule has 0 aliphatic rings. The molecule has 0 spiro atoms. The summed E-state index contributed by atoms with van der Waals surface area (Å²) in [5.41, 5.74) is 1.53. The van der Waals surface area contributed by atoms with E-state index in [1.807, 2.05) is 0 Å². The minimum absolute atomic E-state index is 0.0720. The van der Waals surface area contributed by atoms with Crippen LogP contribution in [-0.4, -0.2) is 20.0 Å². The van der Waals surface area contributed by atoms with Gasteiger partial charge in [0.15, 0.2) is 5.15 Å². The lowest BCUT2D eigenvalue weighted by atomic mass is 10.0. The summed E-state index contributed by atoms with van der Waals surface area (Å²) in [7, 11) is 0. The van der Waals surface area contributed by atoms with Crippen LogP contribution in [-0.2, 0) is 0 Å². The number of nitro groups is 1. The number of rotatable bonds is 3. The first-order valence-corrected chi connectivity index (χ1v) is 7.40. The number of hydrogen-bond donors (Lipinski definition) is 2. The van der Waals surface area contributed by atoms with Crippen molar-refractivity contribution in [1.29, 1.82) is 0 Å². The Balaban J connectivity index is 2.11. The fourth-order valence-corrected chi connectivity index (χ4v) is 3.05. The van der Waals surface area contributed by atoms with Gasteiger partial charge < -0.3 is 10.1 Å². The Morgan fingerprint density at radius 3 is 2.91 bits per heavy atom. The lowest BCUT2D eigenvalue weighted by molar-refractivity contribution is -0.385. The fourth-order valence-electron chi connectivity index (χ4n) is 2.29. The van der Waals surface area contributed by atoms with Crippen LogP contribution in [0.15, 0.2) is 41.1 Å². The average Bonchev–Trinajstić information content (AvgIpc) is 2.90. The van der Waals surface area contributed by atoms with Crippen molar-refractivity contribution >= 4 is 44.1 Å². The van der Waals surface area contributed by atoms with Gasteiger partial charge in [0.05, 0.1) is 10.4 Å². The molecule has 0 aliphatic carbocycles. The molecule has 0 aliphatic heterocycles. The number of benzene rings is 1. The molecule has 2 heterocycles. The number of halogens is 2. The van der Waals surface area contributed by atoms with Gasteiger partial charge in [-0.05, 0) is 27.6 Å². The van der Waals surface area contributed by atoms with Crippen molar-refractivity contribution in [2.75, 3.05) is 0 Å². The molecule has 6 nitrogen and oxygen atoms in total. The maximum Gasteiger partial charge on any atom is 0.269 e. The second-order valence-electron chi connectivity index (χ2n) is 4.66. The largest absolute Gasteiger partial charge is 0.384 e. The summed E-state index contributed by atoms with van der Waals surface area (Å²) in [6.45, 7) is 0. The number of H-pyrrole nitrogens is 1. The summed E-state index contributed by atoms with van der Waals surface area (Å²) in [5, 5.41) is 22.4. The van der Waals surface area contributed by atoms with Gasteiger partial charge in [0, 0.05) is 29.3 Å². The van der Waals surface area contributed by atoms with E-state index >= 15 is 0 Å². The number of nitro benzene ring substituents is 1. The van der Waals surface area contributed by atoms with E-state index in [2.05, 4.69) is 25.9 Å². The molecular weight excluding hydrogens is 374 g/mol. The molecular formula is C14H9BrClN3O3. The highest BCUT2D eigenvalue weighted by Gasteiger charge is 2.19. The van der Waals surface area contributed by atoms with Gasteiger partial charge in [-0.2, -0.15) is 0 Å². The van der Waals surface area contributed by atoms with Crippen LogP contribution in [0.5, 0.6) is 0 Å². The molecule has 0 saturated carbocycles. The zero-order chi connectivity index (χ0) is 15.9. The van der Waals surface area contributed by atoms with Crippen molar-refractivity contribution < 1.29 is 10.0 Å². The van der Waals surface area contributed by atoms with Gasteiger partial charge in [0.2, 0.25) is 0 Å². The molecule has 0 radical (unpaired) electrons. The predicted molar refractivity (Wildman–Crippen MR) is 86.0 cm³/mol. The van der Waals surface area contributed by atoms with Crippen molar-refractivity contribution in [2.24, 2.45) is 0 Å². The highest BCUT2D eigenvalue weighted by Crippen LogP contribution is 2.33. The third-order valence-electron chi connectivity index (χ3n) is 3.32. The minimum atomic E-state index is -1.01. The first kappa shape index (κ1) is 15.0. The Morgan fingerprint density at radius 1 is 1.41 bits per heavy atom. The van der Waals surface area contributed by atoms with Gasteiger partial charge in [-0.3, -0.25) is 10.1 Å². The van der Waals surface area contributed by atoms with E-state index < -0.39 is 11.0 Å². The van der Waals surface area contributed by atoms with E-state index in [9.17, 15) is 15.2 Å². The number of aliphatic hydroxyl groups excluding tert-OH is 1. The summed E-state index contributed by atoms with van der Waals surface area (Å²) >= 11 is 9.31. The Labute approximate surface area is 138 Å². The molecule has 2 aromatic heterocycles. The molecule has 2 N–H and O–H groups in total. The fraction of sp³-hybridized carbons (Fsp3) is 0.0714. The lowest BCUT2D eigenvalue weighted by Gasteiger charge is -2.10. The standard InChI is InChI=1S/C14H9BrClN3O3/c15-11-5-9-10(6-17-12(9)14(16)18-11)13(20)7-2-1-3-8(4-7)19(21)22/h1-6,13,17,20H. The number of pyridine rings is 1. The van der Waals surface area contributed by atoms with Gasteiger partial charge in [-0.15, -0.1) is 0 Å². The molecule has 1 atom stereocenters. The van der Waals surface area contributed by atoms with Crippen LogP contribution in [0, 0.1) is 10.1 Å². The third-order valence-corrected chi connectivity index (χ3v) is 4.00. The van der Waals surface area contributed by atoms with Crippen LogP contribution in [0.2, 0.25) is 5.15 Å². The molecule has 8 heteroatoms. The Morgan fingerprint density at radius 2 is 2.18 bits per heavy atom. The van der Waals surface area contributed by atoms with Gasteiger partial charge in [-0.25, -0.2) is 4.98 Å². The molecule has 22 heavy (non-hydrogen) atoms. The molecule has 1 unspecified atom stereocenters. The van der Waals surface area contributed by atoms with E-state index in [4.69, 9.17) is 11.6 Å². The zero-order valence-corrected chi connectivity index (χ0v) is 13.3. The predicted octanol–water partition coefficient (Wildman–Crippen LogP) is 3.97. The highest BCUT2D eigenvalue weighted by atomic mass is 79.9. The molecule has 0 saturated heterocycles. The monoisotopic (exact) mass is 381 g/mol. The number of nitrogens with zero attached hydrogens (tertiary/aromatic N) is 2. The van der Waals surface area contributed by atoms with Gasteiger partial charge in [-0.1, -0.05) is 23.7 Å². The topological polar surface area (TPSA) is 92.0 Å².